The van der Waals surface area contributed by atoms with Gasteiger partial charge in [-0.2, -0.15) is 0 Å². The monoisotopic (exact) mass is 1280 g/mol. The zero-order valence-electron chi connectivity index (χ0n) is 44.0. The molecule has 4 heterocycles. The van der Waals surface area contributed by atoms with Crippen LogP contribution in [0, 0.1) is 13.8 Å². The Labute approximate surface area is 563 Å². The fraction of sp³-hybridized carbons (Fsp3) is 0.250. The zero-order valence-corrected chi connectivity index (χ0v) is 58.8. The number of hydrogen-bond acceptors (Lipinski definition) is 20. The van der Waals surface area contributed by atoms with Crippen molar-refractivity contribution in [1.29, 1.82) is 0 Å². The number of thiazole rings is 4. The first-order chi connectivity index (χ1) is 35.7. The maximum absolute atomic E-state index is 12.6. The van der Waals surface area contributed by atoms with E-state index in [0.29, 0.717) is 31.4 Å². The fourth-order valence-corrected chi connectivity index (χ4v) is 14.9. The second kappa shape index (κ2) is 28.8. The van der Waals surface area contributed by atoms with Gasteiger partial charge in [-0.05, 0) is 80.6 Å². The molecule has 0 saturated carbocycles. The molecule has 4 aromatic heterocycles. The van der Waals surface area contributed by atoms with E-state index in [9.17, 15) is 67.6 Å². The van der Waals surface area contributed by atoms with Gasteiger partial charge in [0.25, 0.3) is 0 Å². The molecule has 4 aromatic carbocycles. The van der Waals surface area contributed by atoms with Gasteiger partial charge in [0.05, 0.1) is 11.4 Å². The summed E-state index contributed by atoms with van der Waals surface area (Å²) in [4.78, 5) is 109. The maximum atomic E-state index is 12.6. The number of ether oxygens (including phenoxy) is 2. The van der Waals surface area contributed by atoms with E-state index in [1.165, 1.54) is 93.9 Å². The molecule has 4 atom stereocenters. The van der Waals surface area contributed by atoms with Gasteiger partial charge in [-0.1, -0.05) is 48.5 Å². The van der Waals surface area contributed by atoms with Gasteiger partial charge in [-0.15, -0.1) is 45.3 Å². The summed E-state index contributed by atoms with van der Waals surface area (Å²) in [6.07, 6.45) is -4.94. The molecule has 0 aliphatic heterocycles. The number of aromatic nitrogens is 4. The molecule has 6 N–H and O–H groups in total. The van der Waals surface area contributed by atoms with Crippen LogP contribution in [0.25, 0.3) is 20.0 Å². The number of phenols is 2. The molecule has 8 bridgehead atoms. The van der Waals surface area contributed by atoms with Crippen LogP contribution >= 0.6 is 75.7 Å². The van der Waals surface area contributed by atoms with Gasteiger partial charge in [-0.3, -0.25) is 0 Å². The van der Waals surface area contributed by atoms with Crippen molar-refractivity contribution in [3.63, 3.8) is 0 Å². The predicted octanol–water partition coefficient (Wildman–Crippen LogP) is -5.09. The third-order valence-electron chi connectivity index (χ3n) is 11.7. The van der Waals surface area contributed by atoms with Crippen molar-refractivity contribution < 1.29 is 195 Å². The molecule has 8 aromatic rings. The molecule has 1 aliphatic rings. The Bertz CT molecular complexity index is 3410. The van der Waals surface area contributed by atoms with Crippen molar-refractivity contribution in [2.24, 2.45) is 0 Å². The van der Waals surface area contributed by atoms with Gasteiger partial charge in [0.1, 0.15) is 66.6 Å². The van der Waals surface area contributed by atoms with Crippen molar-refractivity contribution in [3.05, 3.63) is 160 Å². The summed E-state index contributed by atoms with van der Waals surface area (Å²) >= 11 is 5.41. The van der Waals surface area contributed by atoms with Crippen molar-refractivity contribution in [2.45, 2.75) is 77.4 Å². The molecule has 0 spiro atoms. The van der Waals surface area contributed by atoms with Crippen LogP contribution in [0.1, 0.15) is 89.5 Å². The largest absolute Gasteiger partial charge is 1.00 e. The number of hydrogen-bond donors (Lipinski definition) is 6. The molecule has 400 valence electrons. The molecule has 0 amide bonds. The summed E-state index contributed by atoms with van der Waals surface area (Å²) in [5, 5.41) is 34.5. The Hall–Kier alpha value is -0.800. The smallest absolute Gasteiger partial charge is 0.778 e. The number of benzene rings is 4. The third kappa shape index (κ3) is 19.1. The topological polar surface area (TPSA) is 352 Å². The van der Waals surface area contributed by atoms with Crippen LogP contribution in [0.15, 0.2) is 70.1 Å². The van der Waals surface area contributed by atoms with E-state index in [0.717, 1.165) is 11.4 Å². The number of rotatable bonds is 16. The maximum Gasteiger partial charge on any atom is 1.00 e. The first-order valence-electron chi connectivity index (χ1n) is 22.7. The standard InChI is InChI=1S/C48H48N4O16P4S4.4Na/c1-25-21-73-45(49-25)47-51-39(23-75-47)15-67-43-35-7-29(19-71(61,62)63)8-36(43)12-32-4-28(18-70(58,59)60)6-34(42(32)54)14-38-10-30(20-72(64,65)66)9-37(13-33-5-27(17-69(55,56)57)3-31(11-35)41(33)53)44(38)68-16-40-24-76-48(52-40)46-50-26(2)22-74-46;;;;/h3-10,21-24,53-54H,11-20H2,1-2H3,(H2,55,56,57)(H2,58,59,60)(H2,61,62,63)(H2,64,65,66);;;;/q;4*+1/p-4. The van der Waals surface area contributed by atoms with Gasteiger partial charge < -0.3 is 77.1 Å². The average Bonchev–Trinajstić information content (AvgIpc) is 4.13. The number of aryl methyl sites for hydroxylation is 2. The Balaban J connectivity index is 0.00000294. The Morgan fingerprint density at radius 2 is 0.662 bits per heavy atom. The number of phenolic OH excluding ortho intramolecular Hbond substituents is 2. The second-order valence-corrected chi connectivity index (χ2v) is 28.2. The molecular formula is C48H44N4Na4O16P4S4. The van der Waals surface area contributed by atoms with Gasteiger partial charge in [-0.25, -0.2) is 19.9 Å². The van der Waals surface area contributed by atoms with E-state index in [1.807, 2.05) is 24.6 Å². The minimum Gasteiger partial charge on any atom is -0.778 e. The van der Waals surface area contributed by atoms with Gasteiger partial charge in [0.15, 0.2) is 20.0 Å². The van der Waals surface area contributed by atoms with Crippen LogP contribution in [0.2, 0.25) is 0 Å². The van der Waals surface area contributed by atoms with Gasteiger partial charge in [0, 0.05) is 83.2 Å². The van der Waals surface area contributed by atoms with Crippen molar-refractivity contribution in [1.82, 2.24) is 19.9 Å². The summed E-state index contributed by atoms with van der Waals surface area (Å²) in [5.41, 5.74) is 3.45. The Morgan fingerprint density at radius 1 is 0.425 bits per heavy atom. The zero-order chi connectivity index (χ0) is 54.5. The van der Waals surface area contributed by atoms with Crippen LogP contribution in [0.5, 0.6) is 23.0 Å². The van der Waals surface area contributed by atoms with E-state index in [1.54, 1.807) is 10.8 Å². The third-order valence-corrected chi connectivity index (χ3v) is 18.8. The molecule has 0 saturated heterocycles. The van der Waals surface area contributed by atoms with E-state index in [2.05, 4.69) is 9.97 Å². The van der Waals surface area contributed by atoms with Crippen LogP contribution in [-0.4, -0.2) is 49.7 Å². The van der Waals surface area contributed by atoms with E-state index in [4.69, 9.17) is 19.4 Å². The molecule has 9 rings (SSSR count). The first-order valence-corrected chi connectivity index (χ1v) is 33.3. The molecule has 80 heavy (non-hydrogen) atoms. The predicted molar refractivity (Wildman–Crippen MR) is 279 cm³/mol. The van der Waals surface area contributed by atoms with Crippen LogP contribution in [-0.2, 0) is 81.8 Å². The van der Waals surface area contributed by atoms with Crippen molar-refractivity contribution >= 4 is 75.7 Å². The van der Waals surface area contributed by atoms with Crippen LogP contribution < -0.4 is 147 Å². The number of nitrogens with zero attached hydrogens (tertiary/aromatic N) is 4. The summed E-state index contributed by atoms with van der Waals surface area (Å²) in [7, 11) is -20.2. The average molecular weight is 1280 g/mol. The molecule has 1 aliphatic carbocycles. The molecule has 0 fully saturated rings. The molecule has 32 heteroatoms. The molecule has 0 radical (unpaired) electrons. The van der Waals surface area contributed by atoms with Crippen molar-refractivity contribution in [2.75, 3.05) is 0 Å². The molecule has 4 unspecified atom stereocenters. The normalized spacial score (nSPS) is 15.0. The van der Waals surface area contributed by atoms with Gasteiger partial charge in [0.2, 0.25) is 0 Å². The van der Waals surface area contributed by atoms with E-state index >= 15 is 0 Å². The second-order valence-electron chi connectivity index (χ2n) is 18.4. The fourth-order valence-electron chi connectivity index (χ4n) is 9.00. The minimum atomic E-state index is -5.05. The van der Waals surface area contributed by atoms with Crippen LogP contribution in [0.4, 0.5) is 0 Å². The summed E-state index contributed by atoms with van der Waals surface area (Å²) < 4.78 is 63.4. The SMILES string of the molecule is Cc1csc(-c2nc(COc3c4cc(CP(=O)([O-])O)cc3Cc3cc(CP(=O)([O-])O)cc(c3O)Cc3cc(CP(=O)([O-])O)cc(c3OCc3csc(-c5nc(C)cs5)n3)Cc3cc(CP(=O)([O-])O)cc(c3O)C4)cs2)n1.[Na+].[Na+].[Na+].[Na+]. The Kier molecular flexibility index (Phi) is 25.2. The number of aromatic hydroxyl groups is 2. The first kappa shape index (κ1) is 70.0. The molecular weight excluding hydrogens is 1230 g/mol. The summed E-state index contributed by atoms with van der Waals surface area (Å²) in [6, 6.07) is 10.9. The van der Waals surface area contributed by atoms with E-state index in [-0.39, 0.29) is 235 Å². The molecule has 20 nitrogen and oxygen atoms in total. The minimum absolute atomic E-state index is 0. The van der Waals surface area contributed by atoms with E-state index < -0.39 is 66.5 Å². The Morgan fingerprint density at radius 3 is 0.900 bits per heavy atom. The summed E-state index contributed by atoms with van der Waals surface area (Å²) in [6.45, 7) is 3.30. The summed E-state index contributed by atoms with van der Waals surface area (Å²) in [5.74, 6) is -0.648. The van der Waals surface area contributed by atoms with Crippen molar-refractivity contribution in [3.8, 4) is 43.0 Å². The van der Waals surface area contributed by atoms with Gasteiger partial charge >= 0.3 is 118 Å². The van der Waals surface area contributed by atoms with Crippen LogP contribution in [0.3, 0.4) is 0 Å². The quantitative estimate of drug-likeness (QED) is 0.0389. The number of fused-ring (bicyclic) bond motifs is 8.